The van der Waals surface area contributed by atoms with E-state index in [9.17, 15) is 0 Å². The molecule has 1 aromatic rings. The van der Waals surface area contributed by atoms with Gasteiger partial charge in [-0.3, -0.25) is 5.01 Å². The van der Waals surface area contributed by atoms with Gasteiger partial charge in [-0.25, -0.2) is 0 Å². The second-order valence-electron chi connectivity index (χ2n) is 4.56. The summed E-state index contributed by atoms with van der Waals surface area (Å²) in [4.78, 5) is 0. The van der Waals surface area contributed by atoms with E-state index in [2.05, 4.69) is 49.1 Å². The highest BCUT2D eigenvalue weighted by Gasteiger charge is 2.15. The molecule has 16 heavy (non-hydrogen) atoms. The van der Waals surface area contributed by atoms with Crippen molar-refractivity contribution in [2.45, 2.75) is 40.0 Å². The van der Waals surface area contributed by atoms with E-state index < -0.39 is 0 Å². The summed E-state index contributed by atoms with van der Waals surface area (Å²) in [7, 11) is 0. The Morgan fingerprint density at radius 3 is 2.75 bits per heavy atom. The van der Waals surface area contributed by atoms with Crippen molar-refractivity contribution in [3.8, 4) is 0 Å². The van der Waals surface area contributed by atoms with Crippen LogP contribution in [0.4, 0.5) is 5.69 Å². The van der Waals surface area contributed by atoms with Crippen LogP contribution in [-0.4, -0.2) is 12.3 Å². The Morgan fingerprint density at radius 2 is 2.06 bits per heavy atom. The smallest absolute Gasteiger partial charge is 0.0596 e. The standard InChI is InChI=1S/C14H20N2/c1-4-5-13-8-9-16(15-13)14-7-6-11(2)12(3)10-14/h6-7,10H,4-5,8-9H2,1-3H3. The highest BCUT2D eigenvalue weighted by Crippen LogP contribution is 2.23. The molecular weight excluding hydrogens is 196 g/mol. The number of benzene rings is 1. The van der Waals surface area contributed by atoms with Crippen molar-refractivity contribution >= 4 is 11.4 Å². The van der Waals surface area contributed by atoms with E-state index >= 15 is 0 Å². The van der Waals surface area contributed by atoms with Crippen molar-refractivity contribution < 1.29 is 0 Å². The van der Waals surface area contributed by atoms with Gasteiger partial charge in [-0.2, -0.15) is 5.10 Å². The van der Waals surface area contributed by atoms with E-state index in [0.29, 0.717) is 0 Å². The van der Waals surface area contributed by atoms with Crippen LogP contribution in [0.3, 0.4) is 0 Å². The predicted octanol–water partition coefficient (Wildman–Crippen LogP) is 3.67. The summed E-state index contributed by atoms with van der Waals surface area (Å²) in [6, 6.07) is 6.58. The monoisotopic (exact) mass is 216 g/mol. The third-order valence-corrected chi connectivity index (χ3v) is 3.20. The van der Waals surface area contributed by atoms with Gasteiger partial charge < -0.3 is 0 Å². The fourth-order valence-electron chi connectivity index (χ4n) is 2.04. The van der Waals surface area contributed by atoms with Gasteiger partial charge in [0.25, 0.3) is 0 Å². The Bertz CT molecular complexity index is 407. The number of hydrogen-bond acceptors (Lipinski definition) is 2. The lowest BCUT2D eigenvalue weighted by Gasteiger charge is -2.14. The van der Waals surface area contributed by atoms with Crippen molar-refractivity contribution in [2.75, 3.05) is 11.6 Å². The lowest BCUT2D eigenvalue weighted by Crippen LogP contribution is -2.11. The Labute approximate surface area is 98.0 Å². The molecule has 0 saturated carbocycles. The average molecular weight is 216 g/mol. The topological polar surface area (TPSA) is 15.6 Å². The maximum atomic E-state index is 4.67. The molecular formula is C14H20N2. The van der Waals surface area contributed by atoms with E-state index in [4.69, 9.17) is 0 Å². The van der Waals surface area contributed by atoms with Gasteiger partial charge in [-0.05, 0) is 43.5 Å². The van der Waals surface area contributed by atoms with Crippen LogP contribution in [0.15, 0.2) is 23.3 Å². The van der Waals surface area contributed by atoms with Gasteiger partial charge in [0.2, 0.25) is 0 Å². The Balaban J connectivity index is 2.16. The molecule has 0 unspecified atom stereocenters. The quantitative estimate of drug-likeness (QED) is 0.752. The molecule has 2 nitrogen and oxygen atoms in total. The van der Waals surface area contributed by atoms with E-state index in [1.165, 1.54) is 28.9 Å². The van der Waals surface area contributed by atoms with Crippen LogP contribution in [0.2, 0.25) is 0 Å². The van der Waals surface area contributed by atoms with Crippen molar-refractivity contribution in [3.63, 3.8) is 0 Å². The van der Waals surface area contributed by atoms with Gasteiger partial charge in [0.05, 0.1) is 5.69 Å². The molecule has 1 aromatic carbocycles. The van der Waals surface area contributed by atoms with Gasteiger partial charge in [0.1, 0.15) is 0 Å². The molecule has 0 saturated heterocycles. The lowest BCUT2D eigenvalue weighted by molar-refractivity contribution is 0.919. The summed E-state index contributed by atoms with van der Waals surface area (Å²) >= 11 is 0. The van der Waals surface area contributed by atoms with Gasteiger partial charge >= 0.3 is 0 Å². The number of hydrogen-bond donors (Lipinski definition) is 0. The predicted molar refractivity (Wildman–Crippen MR) is 70.2 cm³/mol. The largest absolute Gasteiger partial charge is 0.265 e. The van der Waals surface area contributed by atoms with Crippen LogP contribution >= 0.6 is 0 Å². The molecule has 0 N–H and O–H groups in total. The summed E-state index contributed by atoms with van der Waals surface area (Å²) in [5, 5.41) is 6.81. The minimum atomic E-state index is 1.04. The Hall–Kier alpha value is -1.31. The first-order chi connectivity index (χ1) is 7.70. The van der Waals surface area contributed by atoms with Crippen molar-refractivity contribution in [3.05, 3.63) is 29.3 Å². The van der Waals surface area contributed by atoms with E-state index in [1.807, 2.05) is 0 Å². The second kappa shape index (κ2) is 4.69. The van der Waals surface area contributed by atoms with Crippen LogP contribution in [0.5, 0.6) is 0 Å². The van der Waals surface area contributed by atoms with Crippen molar-refractivity contribution in [1.29, 1.82) is 0 Å². The van der Waals surface area contributed by atoms with Gasteiger partial charge in [0, 0.05) is 18.7 Å². The molecule has 1 heterocycles. The fourth-order valence-corrected chi connectivity index (χ4v) is 2.04. The summed E-state index contributed by atoms with van der Waals surface area (Å²) < 4.78 is 0. The summed E-state index contributed by atoms with van der Waals surface area (Å²) in [6.07, 6.45) is 3.46. The molecule has 0 aromatic heterocycles. The molecule has 1 aliphatic heterocycles. The van der Waals surface area contributed by atoms with E-state index in [-0.39, 0.29) is 0 Å². The third-order valence-electron chi connectivity index (χ3n) is 3.20. The second-order valence-corrected chi connectivity index (χ2v) is 4.56. The molecule has 0 fully saturated rings. The Kier molecular flexibility index (Phi) is 3.28. The van der Waals surface area contributed by atoms with Crippen LogP contribution in [0.1, 0.15) is 37.3 Å². The van der Waals surface area contributed by atoms with Crippen LogP contribution < -0.4 is 5.01 Å². The molecule has 1 aliphatic rings. The third kappa shape index (κ3) is 2.26. The molecule has 2 rings (SSSR count). The van der Waals surface area contributed by atoms with Gasteiger partial charge in [-0.1, -0.05) is 19.4 Å². The number of rotatable bonds is 3. The summed E-state index contributed by atoms with van der Waals surface area (Å²) in [5.41, 5.74) is 5.27. The minimum absolute atomic E-state index is 1.04. The lowest BCUT2D eigenvalue weighted by atomic mass is 10.1. The maximum Gasteiger partial charge on any atom is 0.0596 e. The molecule has 0 amide bonds. The van der Waals surface area contributed by atoms with Crippen molar-refractivity contribution in [1.82, 2.24) is 0 Å². The maximum absolute atomic E-state index is 4.67. The zero-order chi connectivity index (χ0) is 11.5. The zero-order valence-corrected chi connectivity index (χ0v) is 10.5. The first kappa shape index (κ1) is 11.2. The van der Waals surface area contributed by atoms with Gasteiger partial charge in [0.15, 0.2) is 0 Å². The number of aryl methyl sites for hydroxylation is 2. The normalized spacial score (nSPS) is 15.4. The molecule has 0 radical (unpaired) electrons. The molecule has 2 heteroatoms. The first-order valence-corrected chi connectivity index (χ1v) is 6.12. The summed E-state index contributed by atoms with van der Waals surface area (Å²) in [6.45, 7) is 7.56. The number of hydrazone groups is 1. The van der Waals surface area contributed by atoms with E-state index in [0.717, 1.165) is 19.4 Å². The molecule has 86 valence electrons. The van der Waals surface area contributed by atoms with Gasteiger partial charge in [-0.15, -0.1) is 0 Å². The molecule has 0 atom stereocenters. The highest BCUT2D eigenvalue weighted by atomic mass is 15.5. The fraction of sp³-hybridized carbons (Fsp3) is 0.500. The number of nitrogens with zero attached hydrogens (tertiary/aromatic N) is 2. The first-order valence-electron chi connectivity index (χ1n) is 6.12. The summed E-state index contributed by atoms with van der Waals surface area (Å²) in [5.74, 6) is 0. The molecule has 0 aliphatic carbocycles. The average Bonchev–Trinajstić information content (AvgIpc) is 2.71. The highest BCUT2D eigenvalue weighted by molar-refractivity contribution is 5.87. The van der Waals surface area contributed by atoms with Crippen LogP contribution in [0.25, 0.3) is 0 Å². The van der Waals surface area contributed by atoms with Crippen LogP contribution in [0, 0.1) is 13.8 Å². The number of anilines is 1. The Morgan fingerprint density at radius 1 is 1.25 bits per heavy atom. The van der Waals surface area contributed by atoms with Crippen LogP contribution in [-0.2, 0) is 0 Å². The zero-order valence-electron chi connectivity index (χ0n) is 10.5. The van der Waals surface area contributed by atoms with E-state index in [1.54, 1.807) is 0 Å². The van der Waals surface area contributed by atoms with Crippen molar-refractivity contribution in [2.24, 2.45) is 5.10 Å². The molecule has 0 bridgehead atoms. The SMILES string of the molecule is CCCC1=NN(c2ccc(C)c(C)c2)CC1. The molecule has 0 spiro atoms. The minimum Gasteiger partial charge on any atom is -0.265 e.